The van der Waals surface area contributed by atoms with Gasteiger partial charge in [0.25, 0.3) is 0 Å². The van der Waals surface area contributed by atoms with Crippen LogP contribution in [0.5, 0.6) is 0 Å². The third kappa shape index (κ3) is 3.03. The number of hydrogen-bond acceptors (Lipinski definition) is 1. The van der Waals surface area contributed by atoms with Crippen LogP contribution in [0.4, 0.5) is 13.2 Å². The summed E-state index contributed by atoms with van der Waals surface area (Å²) in [6.07, 6.45) is -4.74. The second kappa shape index (κ2) is 8.48. The molecule has 0 fully saturated rings. The Labute approximate surface area is 215 Å². The van der Waals surface area contributed by atoms with E-state index < -0.39 is 24.6 Å². The Morgan fingerprint density at radius 1 is 0.486 bits per heavy atom. The Bertz CT molecular complexity index is 1440. The van der Waals surface area contributed by atoms with Gasteiger partial charge in [0.1, 0.15) is 0 Å². The molecule has 6 rings (SSSR count). The van der Waals surface area contributed by atoms with Gasteiger partial charge in [-0.25, -0.2) is 0 Å². The first-order chi connectivity index (χ1) is 17.9. The maximum absolute atomic E-state index is 15.7. The second-order valence-electron chi connectivity index (χ2n) is 9.20. The molecule has 5 aromatic rings. The molecular formula is C32H24AsF3O. The van der Waals surface area contributed by atoms with Crippen LogP contribution < -0.4 is 17.4 Å². The summed E-state index contributed by atoms with van der Waals surface area (Å²) in [6, 6.07) is 43.6. The molecule has 0 saturated heterocycles. The van der Waals surface area contributed by atoms with Crippen LogP contribution >= 0.6 is 0 Å². The van der Waals surface area contributed by atoms with Gasteiger partial charge >= 0.3 is 216 Å². The van der Waals surface area contributed by atoms with Gasteiger partial charge in [0.05, 0.1) is 0 Å². The van der Waals surface area contributed by atoms with Crippen LogP contribution in [-0.2, 0) is 9.33 Å². The van der Waals surface area contributed by atoms with E-state index in [1.54, 1.807) is 30.3 Å². The van der Waals surface area contributed by atoms with Crippen LogP contribution in [0.15, 0.2) is 146 Å². The Hall–Kier alpha value is -3.59. The summed E-state index contributed by atoms with van der Waals surface area (Å²) >= 11 is -5.26. The zero-order valence-electron chi connectivity index (χ0n) is 19.8. The Morgan fingerprint density at radius 2 is 0.865 bits per heavy atom. The summed E-state index contributed by atoms with van der Waals surface area (Å²) in [7, 11) is 0. The number of hydrogen-bond donors (Lipinski definition) is 0. The molecular weight excluding hydrogens is 532 g/mol. The van der Waals surface area contributed by atoms with Crippen molar-refractivity contribution in [2.75, 3.05) is 0 Å². The van der Waals surface area contributed by atoms with Crippen LogP contribution in [-0.4, -0.2) is 19.0 Å². The summed E-state index contributed by atoms with van der Waals surface area (Å²) in [5.74, 6) is 0. The van der Waals surface area contributed by atoms with Gasteiger partial charge in [-0.15, -0.1) is 0 Å². The zero-order chi connectivity index (χ0) is 25.6. The van der Waals surface area contributed by atoms with Crippen LogP contribution in [0.1, 0.15) is 11.1 Å². The number of alkyl halides is 3. The average molecular weight is 556 g/mol. The maximum atomic E-state index is 15.7. The predicted octanol–water partition coefficient (Wildman–Crippen LogP) is 5.35. The number of fused-ring (bicyclic) bond motifs is 1. The predicted molar refractivity (Wildman–Crippen MR) is 144 cm³/mol. The minimum atomic E-state index is -5.26. The van der Waals surface area contributed by atoms with Crippen molar-refractivity contribution in [3.8, 4) is 0 Å². The molecule has 0 aromatic heterocycles. The van der Waals surface area contributed by atoms with Gasteiger partial charge in [0.2, 0.25) is 0 Å². The van der Waals surface area contributed by atoms with Crippen LogP contribution in [0.2, 0.25) is 0 Å². The van der Waals surface area contributed by atoms with E-state index in [1.807, 2.05) is 103 Å². The normalized spacial score (nSPS) is 20.9. The van der Waals surface area contributed by atoms with Gasteiger partial charge in [-0.1, -0.05) is 0 Å². The van der Waals surface area contributed by atoms with Crippen molar-refractivity contribution in [1.82, 2.24) is 0 Å². The molecule has 1 atom stereocenters. The molecule has 0 amide bonds. The molecule has 0 spiro atoms. The fourth-order valence-corrected chi connectivity index (χ4v) is 19.1. The molecule has 1 heterocycles. The summed E-state index contributed by atoms with van der Waals surface area (Å²) in [4.78, 5) is 0. The monoisotopic (exact) mass is 556 g/mol. The van der Waals surface area contributed by atoms with Gasteiger partial charge in [0.15, 0.2) is 0 Å². The standard InChI is InChI=1S/C32H24AsF3O/c34-32(35,36)31(25-15-5-1-6-16-25)29-23-13-14-24-30(29)33(37-31,26-17-7-2-8-18-26,27-19-9-3-10-20-27)28-21-11-4-12-22-28/h1-24H/t31-/m0/s1. The molecule has 1 aliphatic rings. The van der Waals surface area contributed by atoms with Crippen LogP contribution in [0.3, 0.4) is 0 Å². The molecule has 37 heavy (non-hydrogen) atoms. The van der Waals surface area contributed by atoms with E-state index >= 15 is 13.2 Å². The topological polar surface area (TPSA) is 9.23 Å². The van der Waals surface area contributed by atoms with Gasteiger partial charge in [-0.3, -0.25) is 0 Å². The molecule has 1 aliphatic heterocycles. The summed E-state index contributed by atoms with van der Waals surface area (Å²) < 4.78 is 57.3. The van der Waals surface area contributed by atoms with Crippen LogP contribution in [0, 0.1) is 0 Å². The molecule has 0 bridgehead atoms. The first-order valence-corrected chi connectivity index (χ1v) is 16.6. The quantitative estimate of drug-likeness (QED) is 0.272. The van der Waals surface area contributed by atoms with E-state index in [2.05, 4.69) is 0 Å². The first kappa shape index (κ1) is 23.8. The van der Waals surface area contributed by atoms with Crippen molar-refractivity contribution in [2.45, 2.75) is 11.8 Å². The average Bonchev–Trinajstić information content (AvgIpc) is 3.26. The minimum absolute atomic E-state index is 0.0716. The van der Waals surface area contributed by atoms with Crippen molar-refractivity contribution in [3.63, 3.8) is 0 Å². The van der Waals surface area contributed by atoms with Gasteiger partial charge in [0, 0.05) is 0 Å². The number of halogens is 3. The molecule has 0 unspecified atom stereocenters. The number of benzene rings is 5. The van der Waals surface area contributed by atoms with Gasteiger partial charge in [-0.2, -0.15) is 0 Å². The summed E-state index contributed by atoms with van der Waals surface area (Å²) in [5, 5.41) is 0. The first-order valence-electron chi connectivity index (χ1n) is 12.1. The van der Waals surface area contributed by atoms with E-state index in [0.717, 1.165) is 13.1 Å². The molecule has 0 N–H and O–H groups in total. The van der Waals surface area contributed by atoms with E-state index in [-0.39, 0.29) is 11.1 Å². The molecule has 5 heteroatoms. The van der Waals surface area contributed by atoms with Crippen molar-refractivity contribution in [2.24, 2.45) is 0 Å². The summed E-state index contributed by atoms with van der Waals surface area (Å²) in [5.41, 5.74) is -2.43. The van der Waals surface area contributed by atoms with E-state index in [4.69, 9.17) is 3.73 Å². The van der Waals surface area contributed by atoms with Gasteiger partial charge < -0.3 is 0 Å². The molecule has 1 nitrogen and oxygen atoms in total. The third-order valence-corrected chi connectivity index (χ3v) is 19.6. The van der Waals surface area contributed by atoms with Crippen molar-refractivity contribution in [1.29, 1.82) is 0 Å². The molecule has 0 saturated carbocycles. The zero-order valence-corrected chi connectivity index (χ0v) is 21.7. The van der Waals surface area contributed by atoms with Crippen molar-refractivity contribution < 1.29 is 16.9 Å². The van der Waals surface area contributed by atoms with Crippen molar-refractivity contribution in [3.05, 3.63) is 157 Å². The van der Waals surface area contributed by atoms with E-state index in [9.17, 15) is 0 Å². The molecule has 5 aromatic carbocycles. The Kier molecular flexibility index (Phi) is 5.45. The van der Waals surface area contributed by atoms with Gasteiger partial charge in [-0.05, 0) is 0 Å². The fourth-order valence-electron chi connectivity index (χ4n) is 5.92. The summed E-state index contributed by atoms with van der Waals surface area (Å²) in [6.45, 7) is 0. The number of rotatable bonds is 4. The van der Waals surface area contributed by atoms with Crippen molar-refractivity contribution >= 4 is 30.2 Å². The third-order valence-electron chi connectivity index (χ3n) is 7.39. The van der Waals surface area contributed by atoms with Crippen LogP contribution in [0.25, 0.3) is 0 Å². The fraction of sp³-hybridized carbons (Fsp3) is 0.0625. The SMILES string of the molecule is FC(F)(F)[C@@]1(c2ccccc2)O[As](c2ccccc2)(c2ccccc2)(c2ccccc2)c2ccccc21. The molecule has 0 aliphatic carbocycles. The van der Waals surface area contributed by atoms with E-state index in [0.29, 0.717) is 4.35 Å². The molecule has 184 valence electrons. The molecule has 0 radical (unpaired) electrons. The van der Waals surface area contributed by atoms with E-state index in [1.165, 1.54) is 12.1 Å². The Balaban J connectivity index is 1.91. The Morgan fingerprint density at radius 3 is 1.30 bits per heavy atom. The second-order valence-corrected chi connectivity index (χ2v) is 18.2.